The molecule has 0 aliphatic carbocycles. The third-order valence-electron chi connectivity index (χ3n) is 2.40. The van der Waals surface area contributed by atoms with Crippen molar-refractivity contribution >= 4 is 23.2 Å². The lowest BCUT2D eigenvalue weighted by Gasteiger charge is -2.16. The Labute approximate surface area is 115 Å². The molecular formula is C11H14ClN3O4. The summed E-state index contributed by atoms with van der Waals surface area (Å²) in [7, 11) is 1.54. The van der Waals surface area contributed by atoms with Crippen LogP contribution >= 0.6 is 11.6 Å². The van der Waals surface area contributed by atoms with E-state index in [1.54, 1.807) is 7.05 Å². The molecular weight excluding hydrogens is 274 g/mol. The highest BCUT2D eigenvalue weighted by Crippen LogP contribution is 2.21. The summed E-state index contributed by atoms with van der Waals surface area (Å²) in [4.78, 5) is 27.2. The van der Waals surface area contributed by atoms with E-state index in [1.165, 1.54) is 11.0 Å². The minimum Gasteiger partial charge on any atom is -0.380 e. The Morgan fingerprint density at radius 3 is 2.89 bits per heavy atom. The number of likely N-dealkylation sites (N-methyl/N-ethyl adjacent to an activating group) is 1. The van der Waals surface area contributed by atoms with Crippen LogP contribution in [0, 0.1) is 10.1 Å². The van der Waals surface area contributed by atoms with Gasteiger partial charge in [-0.15, -0.1) is 0 Å². The van der Waals surface area contributed by atoms with E-state index in [9.17, 15) is 14.9 Å². The zero-order chi connectivity index (χ0) is 14.4. The molecule has 0 atom stereocenters. The number of carbonyl (C=O) groups is 1. The Hall–Kier alpha value is -1.73. The van der Waals surface area contributed by atoms with E-state index in [1.807, 2.05) is 6.92 Å². The molecule has 1 aromatic heterocycles. The summed E-state index contributed by atoms with van der Waals surface area (Å²) in [5.41, 5.74) is -0.443. The normalized spacial score (nSPS) is 10.3. The zero-order valence-corrected chi connectivity index (χ0v) is 11.4. The first-order valence-electron chi connectivity index (χ1n) is 5.60. The maximum Gasteiger partial charge on any atom is 0.300 e. The first-order valence-corrected chi connectivity index (χ1v) is 5.98. The largest absolute Gasteiger partial charge is 0.380 e. The summed E-state index contributed by atoms with van der Waals surface area (Å²) in [6.07, 6.45) is 0.978. The molecule has 1 heterocycles. The molecule has 19 heavy (non-hydrogen) atoms. The second kappa shape index (κ2) is 7.01. The van der Waals surface area contributed by atoms with E-state index < -0.39 is 10.8 Å². The van der Waals surface area contributed by atoms with Crippen molar-refractivity contribution in [3.63, 3.8) is 0 Å². The highest BCUT2D eigenvalue weighted by Gasteiger charge is 2.23. The van der Waals surface area contributed by atoms with E-state index >= 15 is 0 Å². The molecule has 8 heteroatoms. The summed E-state index contributed by atoms with van der Waals surface area (Å²) in [6, 6.07) is 1.19. The maximum absolute atomic E-state index is 12.1. The Morgan fingerprint density at radius 2 is 2.32 bits per heavy atom. The van der Waals surface area contributed by atoms with Crippen molar-refractivity contribution in [3.8, 4) is 0 Å². The predicted molar refractivity (Wildman–Crippen MR) is 69.4 cm³/mol. The number of halogens is 1. The van der Waals surface area contributed by atoms with E-state index in [2.05, 4.69) is 4.98 Å². The molecule has 0 spiro atoms. The molecule has 0 unspecified atom stereocenters. The van der Waals surface area contributed by atoms with Gasteiger partial charge in [-0.05, 0) is 13.0 Å². The SMILES string of the molecule is CCOCCN(C)C(=O)c1cc(Cl)ncc1[N+](=O)[O-]. The molecule has 7 nitrogen and oxygen atoms in total. The van der Waals surface area contributed by atoms with Gasteiger partial charge in [-0.1, -0.05) is 11.6 Å². The molecule has 0 N–H and O–H groups in total. The summed E-state index contributed by atoms with van der Waals surface area (Å²) in [5, 5.41) is 10.9. The summed E-state index contributed by atoms with van der Waals surface area (Å²) in [6.45, 7) is 3.09. The standard InChI is InChI=1S/C11H14ClN3O4/c1-3-19-5-4-14(2)11(16)8-6-10(12)13-7-9(8)15(17)18/h6-7H,3-5H2,1-2H3. The molecule has 0 radical (unpaired) electrons. The van der Waals surface area contributed by atoms with E-state index in [-0.39, 0.29) is 16.4 Å². The van der Waals surface area contributed by atoms with Gasteiger partial charge >= 0.3 is 0 Å². The molecule has 104 valence electrons. The van der Waals surface area contributed by atoms with Crippen LogP contribution in [0.4, 0.5) is 5.69 Å². The molecule has 1 amide bonds. The summed E-state index contributed by atoms with van der Waals surface area (Å²) in [5.74, 6) is -0.490. The van der Waals surface area contributed by atoms with E-state index in [4.69, 9.17) is 16.3 Å². The Kier molecular flexibility index (Phi) is 5.65. The fourth-order valence-electron chi connectivity index (χ4n) is 1.39. The molecule has 0 saturated heterocycles. The van der Waals surface area contributed by atoms with Gasteiger partial charge in [0.1, 0.15) is 16.9 Å². The quantitative estimate of drug-likeness (QED) is 0.344. The second-order valence-corrected chi connectivity index (χ2v) is 4.09. The second-order valence-electron chi connectivity index (χ2n) is 3.70. The topological polar surface area (TPSA) is 85.6 Å². The van der Waals surface area contributed by atoms with Crippen molar-refractivity contribution in [2.45, 2.75) is 6.92 Å². The van der Waals surface area contributed by atoms with Gasteiger partial charge in [-0.2, -0.15) is 0 Å². The minimum absolute atomic E-state index is 0.0344. The van der Waals surface area contributed by atoms with Gasteiger partial charge in [0.2, 0.25) is 0 Å². The number of nitro groups is 1. The van der Waals surface area contributed by atoms with Gasteiger partial charge in [0.15, 0.2) is 0 Å². The van der Waals surface area contributed by atoms with Crippen molar-refractivity contribution in [1.29, 1.82) is 0 Å². The third-order valence-corrected chi connectivity index (χ3v) is 2.61. The molecule has 0 aromatic carbocycles. The van der Waals surface area contributed by atoms with Crippen molar-refractivity contribution in [1.82, 2.24) is 9.88 Å². The van der Waals surface area contributed by atoms with Crippen LogP contribution in [-0.2, 0) is 4.74 Å². The smallest absolute Gasteiger partial charge is 0.300 e. The van der Waals surface area contributed by atoms with Gasteiger partial charge in [0, 0.05) is 20.2 Å². The Morgan fingerprint density at radius 1 is 1.63 bits per heavy atom. The van der Waals surface area contributed by atoms with Crippen molar-refractivity contribution in [2.24, 2.45) is 0 Å². The number of aromatic nitrogens is 1. The van der Waals surface area contributed by atoms with Crippen LogP contribution in [0.25, 0.3) is 0 Å². The van der Waals surface area contributed by atoms with Crippen molar-refractivity contribution in [2.75, 3.05) is 26.8 Å². The number of pyridine rings is 1. The van der Waals surface area contributed by atoms with Gasteiger partial charge in [0.25, 0.3) is 11.6 Å². The third kappa shape index (κ3) is 4.15. The zero-order valence-electron chi connectivity index (χ0n) is 10.6. The molecule has 0 fully saturated rings. The van der Waals surface area contributed by atoms with Gasteiger partial charge in [0.05, 0.1) is 11.5 Å². The first-order chi connectivity index (χ1) is 8.97. The average molecular weight is 288 g/mol. The Balaban J connectivity index is 2.91. The highest BCUT2D eigenvalue weighted by molar-refractivity contribution is 6.29. The number of amides is 1. The monoisotopic (exact) mass is 287 g/mol. The van der Waals surface area contributed by atoms with Gasteiger partial charge in [-0.3, -0.25) is 14.9 Å². The summed E-state index contributed by atoms with van der Waals surface area (Å²) < 4.78 is 5.13. The van der Waals surface area contributed by atoms with Gasteiger partial charge < -0.3 is 9.64 Å². The molecule has 0 aliphatic heterocycles. The maximum atomic E-state index is 12.1. The number of rotatable bonds is 6. The number of carbonyl (C=O) groups excluding carboxylic acids is 1. The van der Waals surface area contributed by atoms with Crippen LogP contribution in [0.5, 0.6) is 0 Å². The lowest BCUT2D eigenvalue weighted by atomic mass is 10.2. The van der Waals surface area contributed by atoms with Crippen molar-refractivity contribution < 1.29 is 14.5 Å². The molecule has 1 aromatic rings. The number of ether oxygens (including phenoxy) is 1. The molecule has 0 aliphatic rings. The molecule has 0 saturated carbocycles. The van der Waals surface area contributed by atoms with Crippen LogP contribution in [0.15, 0.2) is 12.3 Å². The van der Waals surface area contributed by atoms with E-state index in [0.29, 0.717) is 19.8 Å². The number of hydrogen-bond donors (Lipinski definition) is 0. The lowest BCUT2D eigenvalue weighted by molar-refractivity contribution is -0.385. The van der Waals surface area contributed by atoms with Crippen LogP contribution < -0.4 is 0 Å². The highest BCUT2D eigenvalue weighted by atomic mass is 35.5. The van der Waals surface area contributed by atoms with Crippen LogP contribution in [0.1, 0.15) is 17.3 Å². The fraction of sp³-hybridized carbons (Fsp3) is 0.455. The molecule has 0 bridgehead atoms. The Bertz CT molecular complexity index is 481. The fourth-order valence-corrected chi connectivity index (χ4v) is 1.55. The number of hydrogen-bond acceptors (Lipinski definition) is 5. The molecule has 1 rings (SSSR count). The van der Waals surface area contributed by atoms with E-state index in [0.717, 1.165) is 6.20 Å². The summed E-state index contributed by atoms with van der Waals surface area (Å²) >= 11 is 5.67. The van der Waals surface area contributed by atoms with Crippen LogP contribution in [0.3, 0.4) is 0 Å². The lowest BCUT2D eigenvalue weighted by Crippen LogP contribution is -2.30. The van der Waals surface area contributed by atoms with Crippen LogP contribution in [-0.4, -0.2) is 47.5 Å². The minimum atomic E-state index is -0.660. The average Bonchev–Trinajstić information content (AvgIpc) is 2.37. The number of nitrogens with zero attached hydrogens (tertiary/aromatic N) is 3. The first kappa shape index (κ1) is 15.3. The van der Waals surface area contributed by atoms with Crippen molar-refractivity contribution in [3.05, 3.63) is 33.1 Å². The van der Waals surface area contributed by atoms with Crippen LogP contribution in [0.2, 0.25) is 5.15 Å². The van der Waals surface area contributed by atoms with Gasteiger partial charge in [-0.25, -0.2) is 4.98 Å². The predicted octanol–water partition coefficient (Wildman–Crippen LogP) is 1.75.